The zero-order valence-electron chi connectivity index (χ0n) is 13.4. The van der Waals surface area contributed by atoms with E-state index in [1.165, 1.54) is 18.2 Å². The van der Waals surface area contributed by atoms with E-state index < -0.39 is 29.4 Å². The molecule has 0 saturated heterocycles. The number of nitro groups is 1. The van der Waals surface area contributed by atoms with Crippen LogP contribution in [-0.2, 0) is 4.79 Å². The first-order valence-electron chi connectivity index (χ1n) is 7.15. The van der Waals surface area contributed by atoms with E-state index in [9.17, 15) is 19.7 Å². The zero-order chi connectivity index (χ0) is 18.6. The lowest BCUT2D eigenvalue weighted by molar-refractivity contribution is -0.385. The van der Waals surface area contributed by atoms with Gasteiger partial charge in [-0.1, -0.05) is 12.1 Å². The number of benzene rings is 1. The number of hydrogen-bond donors (Lipinski definition) is 2. The van der Waals surface area contributed by atoms with Crippen molar-refractivity contribution in [1.29, 1.82) is 0 Å². The number of rotatable bonds is 7. The van der Waals surface area contributed by atoms with E-state index in [4.69, 9.17) is 9.84 Å². The normalized spacial score (nSPS) is 11.6. The number of nitrogens with one attached hydrogen (secondary N) is 1. The van der Waals surface area contributed by atoms with E-state index in [2.05, 4.69) is 10.3 Å². The number of aryl methyl sites for hydroxylation is 1. The maximum Gasteiger partial charge on any atom is 0.347 e. The number of carbonyl (C=O) groups excluding carboxylic acids is 1. The molecule has 25 heavy (non-hydrogen) atoms. The largest absolute Gasteiger partial charge is 0.477 e. The average Bonchev–Trinajstić information content (AvgIpc) is 2.95. The van der Waals surface area contributed by atoms with Gasteiger partial charge >= 0.3 is 11.7 Å². The molecule has 1 aromatic heterocycles. The van der Waals surface area contributed by atoms with Gasteiger partial charge in [0.1, 0.15) is 9.88 Å². The van der Waals surface area contributed by atoms with Gasteiger partial charge in [0.05, 0.1) is 16.7 Å². The highest BCUT2D eigenvalue weighted by atomic mass is 32.1. The van der Waals surface area contributed by atoms with Gasteiger partial charge in [-0.2, -0.15) is 0 Å². The lowest BCUT2D eigenvalue weighted by atomic mass is 10.3. The lowest BCUT2D eigenvalue weighted by Gasteiger charge is -2.12. The van der Waals surface area contributed by atoms with Crippen LogP contribution in [-0.4, -0.2) is 33.5 Å². The van der Waals surface area contributed by atoms with E-state index in [0.29, 0.717) is 10.7 Å². The maximum absolute atomic E-state index is 12.0. The highest BCUT2D eigenvalue weighted by Crippen LogP contribution is 2.26. The molecule has 0 saturated carbocycles. The van der Waals surface area contributed by atoms with Crippen LogP contribution >= 0.6 is 11.3 Å². The molecule has 0 fully saturated rings. The van der Waals surface area contributed by atoms with Crippen molar-refractivity contribution in [3.8, 4) is 5.75 Å². The van der Waals surface area contributed by atoms with Gasteiger partial charge in [0.2, 0.25) is 0 Å². The van der Waals surface area contributed by atoms with Crippen LogP contribution in [0.4, 0.5) is 5.69 Å². The first-order chi connectivity index (χ1) is 11.8. The molecule has 10 heteroatoms. The van der Waals surface area contributed by atoms with E-state index >= 15 is 0 Å². The van der Waals surface area contributed by atoms with Crippen LogP contribution in [0.1, 0.15) is 33.3 Å². The molecule has 9 nitrogen and oxygen atoms in total. The number of nitro benzene ring substituents is 1. The van der Waals surface area contributed by atoms with Crippen molar-refractivity contribution < 1.29 is 24.4 Å². The summed E-state index contributed by atoms with van der Waals surface area (Å²) in [5, 5.41) is 23.0. The second-order valence-electron chi connectivity index (χ2n) is 5.07. The molecule has 1 heterocycles. The molecule has 1 amide bonds. The molecule has 2 rings (SSSR count). The molecule has 0 aliphatic heterocycles. The number of carboxylic acid groups (broad SMARTS) is 1. The molecule has 0 spiro atoms. The van der Waals surface area contributed by atoms with Crippen molar-refractivity contribution >= 4 is 28.9 Å². The topological polar surface area (TPSA) is 132 Å². The van der Waals surface area contributed by atoms with Crippen molar-refractivity contribution in [3.63, 3.8) is 0 Å². The zero-order valence-corrected chi connectivity index (χ0v) is 14.2. The number of para-hydroxylation sites is 2. The smallest absolute Gasteiger partial charge is 0.347 e. The van der Waals surface area contributed by atoms with Crippen LogP contribution in [0.15, 0.2) is 24.3 Å². The summed E-state index contributed by atoms with van der Waals surface area (Å²) in [5.74, 6) is -1.58. The van der Waals surface area contributed by atoms with Gasteiger partial charge in [0.25, 0.3) is 5.91 Å². The molecule has 132 valence electrons. The minimum atomic E-state index is -1.07. The number of ether oxygens (including phenoxy) is 1. The summed E-state index contributed by atoms with van der Waals surface area (Å²) >= 11 is 0.983. The lowest BCUT2D eigenvalue weighted by Crippen LogP contribution is -2.31. The highest BCUT2D eigenvalue weighted by Gasteiger charge is 2.20. The molecular weight excluding hydrogens is 350 g/mol. The third-order valence-corrected chi connectivity index (χ3v) is 4.50. The molecule has 0 bridgehead atoms. The molecule has 2 aromatic rings. The Bertz CT molecular complexity index is 819. The second-order valence-corrected chi connectivity index (χ2v) is 6.11. The molecule has 0 aliphatic rings. The Morgan fingerprint density at radius 1 is 1.44 bits per heavy atom. The Balaban J connectivity index is 1.97. The third-order valence-electron chi connectivity index (χ3n) is 3.18. The van der Waals surface area contributed by atoms with Gasteiger partial charge in [-0.3, -0.25) is 14.9 Å². The Kier molecular flexibility index (Phi) is 5.65. The Morgan fingerprint density at radius 3 is 2.72 bits per heavy atom. The first-order valence-corrected chi connectivity index (χ1v) is 7.97. The van der Waals surface area contributed by atoms with Crippen LogP contribution in [0, 0.1) is 17.0 Å². The van der Waals surface area contributed by atoms with Crippen molar-refractivity contribution in [2.45, 2.75) is 19.9 Å². The van der Waals surface area contributed by atoms with Gasteiger partial charge in [0, 0.05) is 6.07 Å². The van der Waals surface area contributed by atoms with E-state index in [1.54, 1.807) is 19.9 Å². The maximum atomic E-state index is 12.0. The molecule has 0 aliphatic carbocycles. The molecule has 1 atom stereocenters. The van der Waals surface area contributed by atoms with Crippen molar-refractivity contribution in [3.05, 3.63) is 50.0 Å². The Labute approximate surface area is 146 Å². The molecule has 0 radical (unpaired) electrons. The van der Waals surface area contributed by atoms with Crippen molar-refractivity contribution in [2.75, 3.05) is 6.61 Å². The summed E-state index contributed by atoms with van der Waals surface area (Å²) in [6.45, 7) is 2.83. The van der Waals surface area contributed by atoms with Crippen LogP contribution in [0.25, 0.3) is 0 Å². The summed E-state index contributed by atoms with van der Waals surface area (Å²) in [6, 6.07) is 5.23. The van der Waals surface area contributed by atoms with E-state index in [1.807, 2.05) is 0 Å². The van der Waals surface area contributed by atoms with Gasteiger partial charge in [-0.05, 0) is 19.9 Å². The Morgan fingerprint density at radius 2 is 2.12 bits per heavy atom. The van der Waals surface area contributed by atoms with Crippen molar-refractivity contribution in [2.24, 2.45) is 0 Å². The molecule has 1 unspecified atom stereocenters. The van der Waals surface area contributed by atoms with Crippen LogP contribution in [0.3, 0.4) is 0 Å². The fraction of sp³-hybridized carbons (Fsp3) is 0.267. The van der Waals surface area contributed by atoms with Crippen LogP contribution < -0.4 is 10.1 Å². The summed E-state index contributed by atoms with van der Waals surface area (Å²) < 4.78 is 5.20. The highest BCUT2D eigenvalue weighted by molar-refractivity contribution is 7.13. The molecular formula is C15H15N3O6S. The predicted molar refractivity (Wildman–Crippen MR) is 89.0 cm³/mol. The first kappa shape index (κ1) is 18.3. The minimum absolute atomic E-state index is 0.00596. The van der Waals surface area contributed by atoms with Crippen molar-refractivity contribution in [1.82, 2.24) is 10.3 Å². The fourth-order valence-electron chi connectivity index (χ4n) is 2.02. The fourth-order valence-corrected chi connectivity index (χ4v) is 2.93. The van der Waals surface area contributed by atoms with Gasteiger partial charge in [-0.25, -0.2) is 9.78 Å². The van der Waals surface area contributed by atoms with E-state index in [0.717, 1.165) is 11.3 Å². The van der Waals surface area contributed by atoms with Crippen LogP contribution in [0.5, 0.6) is 5.75 Å². The monoisotopic (exact) mass is 365 g/mol. The van der Waals surface area contributed by atoms with Gasteiger partial charge in [-0.15, -0.1) is 11.3 Å². The third kappa shape index (κ3) is 4.51. The molecule has 1 aromatic carbocycles. The number of aromatic carboxylic acids is 1. The second kappa shape index (κ2) is 7.71. The van der Waals surface area contributed by atoms with Crippen LogP contribution in [0.2, 0.25) is 0 Å². The summed E-state index contributed by atoms with van der Waals surface area (Å²) in [6.07, 6.45) is 0. The van der Waals surface area contributed by atoms with Gasteiger partial charge < -0.3 is 15.2 Å². The number of hydrogen-bond acceptors (Lipinski definition) is 7. The average molecular weight is 365 g/mol. The number of amides is 1. The predicted octanol–water partition coefficient (Wildman–Crippen LogP) is 2.31. The number of aromatic nitrogens is 1. The SMILES string of the molecule is Cc1nc(C(C)NC(=O)COc2ccccc2[N+](=O)[O-])sc1C(=O)O. The van der Waals surface area contributed by atoms with E-state index in [-0.39, 0.29) is 16.3 Å². The quantitative estimate of drug-likeness (QED) is 0.568. The standard InChI is InChI=1S/C15H15N3O6S/c1-8-13(15(20)21)25-14(17-8)9(2)16-12(19)7-24-11-6-4-3-5-10(11)18(22)23/h3-6,9H,7H2,1-2H3,(H,16,19)(H,20,21). The number of carboxylic acids is 1. The molecule has 2 N–H and O–H groups in total. The Hall–Kier alpha value is -3.01. The minimum Gasteiger partial charge on any atom is -0.477 e. The summed E-state index contributed by atoms with van der Waals surface area (Å²) in [7, 11) is 0. The number of nitrogens with zero attached hydrogens (tertiary/aromatic N) is 2. The number of thiazole rings is 1. The summed E-state index contributed by atoms with van der Waals surface area (Å²) in [5.41, 5.74) is 0.148. The summed E-state index contributed by atoms with van der Waals surface area (Å²) in [4.78, 5) is 37.5. The number of carbonyl (C=O) groups is 2. The van der Waals surface area contributed by atoms with Gasteiger partial charge in [0.15, 0.2) is 12.4 Å².